The molecule has 0 radical (unpaired) electrons. The van der Waals surface area contributed by atoms with E-state index in [1.807, 2.05) is 0 Å². The van der Waals surface area contributed by atoms with Gasteiger partial charge < -0.3 is 14.5 Å². The molecule has 0 aliphatic carbocycles. The maximum Gasteiger partial charge on any atom is 0.469 e. The Hall–Kier alpha value is 0.420. The highest BCUT2D eigenvalue weighted by Crippen LogP contribution is 2.37. The molecule has 32 heavy (non-hydrogen) atoms. The quantitative estimate of drug-likeness (QED) is 0.0978. The van der Waals surface area contributed by atoms with Crippen LogP contribution in [-0.4, -0.2) is 40.1 Å². The van der Waals surface area contributed by atoms with Crippen LogP contribution >= 0.6 is 19.6 Å². The molecule has 0 bridgehead atoms. The van der Waals surface area contributed by atoms with Crippen molar-refractivity contribution in [2.45, 2.75) is 141 Å². The number of ether oxygens (including phenoxy) is 1. The molecule has 0 amide bonds. The molecule has 0 saturated heterocycles. The Morgan fingerprint density at radius 3 is 1.78 bits per heavy atom. The topological polar surface area (TPSA) is 76.0 Å². The van der Waals surface area contributed by atoms with Crippen LogP contribution in [0.5, 0.6) is 0 Å². The van der Waals surface area contributed by atoms with Crippen LogP contribution in [0.25, 0.3) is 0 Å². The highest BCUT2D eigenvalue weighted by atomic mass is 32.2. The molecule has 0 heterocycles. The van der Waals surface area contributed by atoms with Gasteiger partial charge in [-0.2, -0.15) is 11.8 Å². The molecule has 7 heteroatoms. The van der Waals surface area contributed by atoms with E-state index >= 15 is 0 Å². The number of hydrogen-bond acceptors (Lipinski definition) is 4. The zero-order valence-corrected chi connectivity index (χ0v) is 23.0. The van der Waals surface area contributed by atoms with Crippen molar-refractivity contribution in [2.24, 2.45) is 0 Å². The van der Waals surface area contributed by atoms with Gasteiger partial charge in [0.1, 0.15) is 0 Å². The summed E-state index contributed by atoms with van der Waals surface area (Å²) >= 11 is 2.10. The number of hydrogen-bond donors (Lipinski definition) is 2. The van der Waals surface area contributed by atoms with Crippen LogP contribution in [0.1, 0.15) is 130 Å². The minimum Gasteiger partial charge on any atom is -0.379 e. The van der Waals surface area contributed by atoms with E-state index in [-0.39, 0.29) is 6.61 Å². The van der Waals surface area contributed by atoms with Crippen LogP contribution in [0.15, 0.2) is 0 Å². The van der Waals surface area contributed by atoms with Crippen molar-refractivity contribution in [1.29, 1.82) is 0 Å². The summed E-state index contributed by atoms with van der Waals surface area (Å²) < 4.78 is 21.1. The van der Waals surface area contributed by atoms with Crippen LogP contribution in [-0.2, 0) is 13.8 Å². The third-order valence-corrected chi connectivity index (χ3v) is 7.84. The highest BCUT2D eigenvalue weighted by molar-refractivity contribution is 7.99. The first-order chi connectivity index (χ1) is 15.4. The van der Waals surface area contributed by atoms with E-state index in [2.05, 4.69) is 30.1 Å². The molecule has 0 saturated carbocycles. The minimum atomic E-state index is -4.43. The first kappa shape index (κ1) is 32.4. The van der Waals surface area contributed by atoms with Crippen molar-refractivity contribution in [3.63, 3.8) is 0 Å². The zero-order valence-electron chi connectivity index (χ0n) is 21.3. The van der Waals surface area contributed by atoms with Crippen LogP contribution in [0, 0.1) is 0 Å². The van der Waals surface area contributed by atoms with E-state index in [0.29, 0.717) is 11.9 Å². The third-order valence-electron chi connectivity index (χ3n) is 5.74. The molecule has 0 rings (SSSR count). The lowest BCUT2D eigenvalue weighted by atomic mass is 10.1. The molecule has 2 N–H and O–H groups in total. The van der Waals surface area contributed by atoms with E-state index < -0.39 is 13.9 Å². The SMILES string of the molecule is CCCCCCCCCCCCSC(CCCCCCC)CCOCC(C)OP(=O)(O)O. The number of phosphoric ester groups is 1. The second-order valence-electron chi connectivity index (χ2n) is 9.15. The molecule has 2 atom stereocenters. The first-order valence-corrected chi connectivity index (χ1v) is 15.9. The number of phosphoric acid groups is 1. The predicted octanol–water partition coefficient (Wildman–Crippen LogP) is 8.27. The first-order valence-electron chi connectivity index (χ1n) is 13.3. The van der Waals surface area contributed by atoms with Gasteiger partial charge in [-0.1, -0.05) is 104 Å². The fourth-order valence-electron chi connectivity index (χ4n) is 3.85. The fraction of sp³-hybridized carbons (Fsp3) is 1.00. The maximum absolute atomic E-state index is 10.9. The van der Waals surface area contributed by atoms with Crippen molar-refractivity contribution in [3.8, 4) is 0 Å². The number of thioether (sulfide) groups is 1. The summed E-state index contributed by atoms with van der Waals surface area (Å²) in [5.41, 5.74) is 0. The Morgan fingerprint density at radius 1 is 0.750 bits per heavy atom. The molecule has 194 valence electrons. The molecule has 0 fully saturated rings. The Kier molecular flexibility index (Phi) is 23.5. The molecule has 0 aliphatic heterocycles. The van der Waals surface area contributed by atoms with Gasteiger partial charge in [0.25, 0.3) is 0 Å². The van der Waals surface area contributed by atoms with Gasteiger partial charge in [0.15, 0.2) is 0 Å². The Labute approximate surface area is 203 Å². The molecule has 0 aliphatic rings. The molecule has 0 spiro atoms. The average Bonchev–Trinajstić information content (AvgIpc) is 2.73. The van der Waals surface area contributed by atoms with Crippen molar-refractivity contribution in [1.82, 2.24) is 0 Å². The van der Waals surface area contributed by atoms with Crippen LogP contribution in [0.4, 0.5) is 0 Å². The van der Waals surface area contributed by atoms with Gasteiger partial charge in [0.05, 0.1) is 12.7 Å². The molecular formula is C25H53O5PS. The van der Waals surface area contributed by atoms with E-state index in [0.717, 1.165) is 6.42 Å². The van der Waals surface area contributed by atoms with E-state index in [1.165, 1.54) is 108 Å². The number of unbranched alkanes of at least 4 members (excludes halogenated alkanes) is 13. The molecule has 0 aromatic rings. The van der Waals surface area contributed by atoms with Gasteiger partial charge in [-0.05, 0) is 31.9 Å². The summed E-state index contributed by atoms with van der Waals surface area (Å²) in [5, 5.41) is 0.619. The Bertz CT molecular complexity index is 433. The molecule has 0 aromatic heterocycles. The van der Waals surface area contributed by atoms with E-state index in [1.54, 1.807) is 6.92 Å². The average molecular weight is 497 g/mol. The fourth-order valence-corrected chi connectivity index (χ4v) is 5.69. The number of rotatable bonds is 25. The van der Waals surface area contributed by atoms with Crippen LogP contribution < -0.4 is 0 Å². The summed E-state index contributed by atoms with van der Waals surface area (Å²) in [7, 11) is -4.43. The van der Waals surface area contributed by atoms with Gasteiger partial charge >= 0.3 is 7.82 Å². The molecule has 2 unspecified atom stereocenters. The second-order valence-corrected chi connectivity index (χ2v) is 11.7. The van der Waals surface area contributed by atoms with Gasteiger partial charge in [-0.3, -0.25) is 4.52 Å². The summed E-state index contributed by atoms with van der Waals surface area (Å²) in [6.07, 6.45) is 22.0. The Balaban J connectivity index is 3.92. The Morgan fingerprint density at radius 2 is 1.25 bits per heavy atom. The highest BCUT2D eigenvalue weighted by Gasteiger charge is 2.19. The van der Waals surface area contributed by atoms with Crippen molar-refractivity contribution >= 4 is 19.6 Å². The monoisotopic (exact) mass is 496 g/mol. The van der Waals surface area contributed by atoms with Gasteiger partial charge in [-0.15, -0.1) is 0 Å². The standard InChI is InChI=1S/C25H53O5PS/c1-4-6-8-10-11-12-13-14-16-18-22-32-25(19-17-15-9-7-5-2)20-21-29-23-24(3)30-31(26,27)28/h24-25H,4-23H2,1-3H3,(H2,26,27,28). The van der Waals surface area contributed by atoms with Crippen molar-refractivity contribution < 1.29 is 23.6 Å². The zero-order chi connectivity index (χ0) is 23.9. The van der Waals surface area contributed by atoms with Gasteiger partial charge in [-0.25, -0.2) is 4.57 Å². The normalized spacial score (nSPS) is 14.0. The molecular weight excluding hydrogens is 443 g/mol. The summed E-state index contributed by atoms with van der Waals surface area (Å²) in [6, 6.07) is 0. The smallest absolute Gasteiger partial charge is 0.379 e. The lowest BCUT2D eigenvalue weighted by Crippen LogP contribution is -2.17. The third kappa shape index (κ3) is 25.1. The van der Waals surface area contributed by atoms with E-state index in [9.17, 15) is 4.57 Å². The van der Waals surface area contributed by atoms with Crippen LogP contribution in [0.2, 0.25) is 0 Å². The van der Waals surface area contributed by atoms with Crippen LogP contribution in [0.3, 0.4) is 0 Å². The summed E-state index contributed by atoms with van der Waals surface area (Å²) in [6.45, 7) is 6.99. The van der Waals surface area contributed by atoms with Gasteiger partial charge in [0, 0.05) is 11.9 Å². The lowest BCUT2D eigenvalue weighted by molar-refractivity contribution is 0.0407. The summed E-state index contributed by atoms with van der Waals surface area (Å²) in [4.78, 5) is 17.7. The van der Waals surface area contributed by atoms with E-state index in [4.69, 9.17) is 14.5 Å². The summed E-state index contributed by atoms with van der Waals surface area (Å²) in [5.74, 6) is 1.23. The molecule has 5 nitrogen and oxygen atoms in total. The van der Waals surface area contributed by atoms with Crippen molar-refractivity contribution in [2.75, 3.05) is 19.0 Å². The second kappa shape index (κ2) is 23.2. The largest absolute Gasteiger partial charge is 0.469 e. The van der Waals surface area contributed by atoms with Gasteiger partial charge in [0.2, 0.25) is 0 Å². The lowest BCUT2D eigenvalue weighted by Gasteiger charge is -2.18. The molecule has 0 aromatic carbocycles. The minimum absolute atomic E-state index is 0.220. The van der Waals surface area contributed by atoms with Crippen molar-refractivity contribution in [3.05, 3.63) is 0 Å². The maximum atomic E-state index is 10.9. The predicted molar refractivity (Wildman–Crippen MR) is 139 cm³/mol.